The minimum absolute atomic E-state index is 0. The van der Waals surface area contributed by atoms with E-state index in [2.05, 4.69) is 22.3 Å². The third-order valence-electron chi connectivity index (χ3n) is 6.02. The molecule has 1 N–H and O–H groups in total. The number of hydrogen-bond donors (Lipinski definition) is 1. The summed E-state index contributed by atoms with van der Waals surface area (Å²) in [5.74, 6) is 0.286. The van der Waals surface area contributed by atoms with E-state index in [1.54, 1.807) is 18.2 Å². The number of amides is 1. The summed E-state index contributed by atoms with van der Waals surface area (Å²) in [6, 6.07) is 11.8. The lowest BCUT2D eigenvalue weighted by atomic mass is 9.92. The average molecular weight is 443 g/mol. The van der Waals surface area contributed by atoms with Crippen LogP contribution in [-0.2, 0) is 6.42 Å². The lowest BCUT2D eigenvalue weighted by molar-refractivity contribution is 0.0982. The van der Waals surface area contributed by atoms with Crippen LogP contribution in [0.25, 0.3) is 0 Å². The van der Waals surface area contributed by atoms with Gasteiger partial charge in [-0.3, -0.25) is 14.5 Å². The van der Waals surface area contributed by atoms with Gasteiger partial charge in [-0.05, 0) is 81.1 Å². The summed E-state index contributed by atoms with van der Waals surface area (Å²) in [4.78, 5) is 27.9. The van der Waals surface area contributed by atoms with Gasteiger partial charge in [0.25, 0.3) is 5.91 Å². The van der Waals surface area contributed by atoms with Crippen molar-refractivity contribution < 1.29 is 14.3 Å². The van der Waals surface area contributed by atoms with Gasteiger partial charge in [-0.15, -0.1) is 12.4 Å². The Bertz CT molecular complexity index is 973. The topological polar surface area (TPSA) is 58.6 Å². The molecule has 0 saturated carbocycles. The van der Waals surface area contributed by atoms with Crippen molar-refractivity contribution in [1.82, 2.24) is 4.90 Å². The SMILES string of the molecule is CCC(=O)c1cc(C(=O)Nc2ccc3c(c2)C2CCCN2CC3)ccc1OC(C)C.Cl. The fourth-order valence-electron chi connectivity index (χ4n) is 4.56. The van der Waals surface area contributed by atoms with Crippen LogP contribution in [0.15, 0.2) is 36.4 Å². The quantitative estimate of drug-likeness (QED) is 0.605. The maximum atomic E-state index is 12.9. The molecule has 6 heteroatoms. The highest BCUT2D eigenvalue weighted by Crippen LogP contribution is 2.38. The Morgan fingerprint density at radius 1 is 1.16 bits per heavy atom. The number of carbonyl (C=O) groups excluding carboxylic acids is 2. The largest absolute Gasteiger partial charge is 0.490 e. The molecule has 1 fully saturated rings. The number of nitrogens with one attached hydrogen (secondary N) is 1. The fourth-order valence-corrected chi connectivity index (χ4v) is 4.56. The first-order chi connectivity index (χ1) is 14.5. The number of halogens is 1. The molecule has 0 bridgehead atoms. The number of ketones is 1. The van der Waals surface area contributed by atoms with Gasteiger partial charge in [0, 0.05) is 30.3 Å². The summed E-state index contributed by atoms with van der Waals surface area (Å²) in [5, 5.41) is 3.02. The highest BCUT2D eigenvalue weighted by atomic mass is 35.5. The maximum absolute atomic E-state index is 12.9. The smallest absolute Gasteiger partial charge is 0.255 e. The van der Waals surface area contributed by atoms with Crippen LogP contribution in [0.3, 0.4) is 0 Å². The van der Waals surface area contributed by atoms with E-state index in [1.807, 2.05) is 26.8 Å². The second kappa shape index (κ2) is 9.84. The average Bonchev–Trinajstić information content (AvgIpc) is 3.22. The molecule has 1 saturated heterocycles. The number of carbonyl (C=O) groups is 2. The summed E-state index contributed by atoms with van der Waals surface area (Å²) in [7, 11) is 0. The lowest BCUT2D eigenvalue weighted by Crippen LogP contribution is -2.31. The molecule has 2 aliphatic rings. The predicted molar refractivity (Wildman–Crippen MR) is 126 cm³/mol. The molecule has 0 aliphatic carbocycles. The molecule has 1 atom stereocenters. The molecular formula is C25H31ClN2O3. The van der Waals surface area contributed by atoms with Crippen molar-refractivity contribution in [3.05, 3.63) is 58.7 Å². The Morgan fingerprint density at radius 2 is 1.97 bits per heavy atom. The molecule has 4 rings (SSSR count). The van der Waals surface area contributed by atoms with Crippen molar-refractivity contribution in [2.24, 2.45) is 0 Å². The van der Waals surface area contributed by atoms with Gasteiger partial charge in [-0.25, -0.2) is 0 Å². The van der Waals surface area contributed by atoms with Crippen LogP contribution in [0.4, 0.5) is 5.69 Å². The fraction of sp³-hybridized carbons (Fsp3) is 0.440. The van der Waals surface area contributed by atoms with E-state index in [1.165, 1.54) is 30.5 Å². The third kappa shape index (κ3) is 4.94. The van der Waals surface area contributed by atoms with E-state index >= 15 is 0 Å². The Kier molecular flexibility index (Phi) is 7.39. The lowest BCUT2D eigenvalue weighted by Gasteiger charge is -2.32. The van der Waals surface area contributed by atoms with Crippen LogP contribution in [0, 0.1) is 0 Å². The maximum Gasteiger partial charge on any atom is 0.255 e. The van der Waals surface area contributed by atoms with E-state index in [-0.39, 0.29) is 30.2 Å². The summed E-state index contributed by atoms with van der Waals surface area (Å²) in [6.07, 6.45) is 3.81. The molecular weight excluding hydrogens is 412 g/mol. The summed E-state index contributed by atoms with van der Waals surface area (Å²) >= 11 is 0. The molecule has 0 spiro atoms. The van der Waals surface area contributed by atoms with Crippen molar-refractivity contribution in [2.75, 3.05) is 18.4 Å². The number of benzene rings is 2. The van der Waals surface area contributed by atoms with E-state index in [0.29, 0.717) is 29.3 Å². The zero-order valence-corrected chi connectivity index (χ0v) is 19.3. The Hall–Kier alpha value is -2.37. The summed E-state index contributed by atoms with van der Waals surface area (Å²) < 4.78 is 5.77. The Balaban J connectivity index is 0.00000272. The van der Waals surface area contributed by atoms with Crippen LogP contribution in [-0.4, -0.2) is 35.8 Å². The Morgan fingerprint density at radius 3 is 2.71 bits per heavy atom. The number of Topliss-reactive ketones (excluding diaryl/α,β-unsaturated/α-hetero) is 1. The van der Waals surface area contributed by atoms with Crippen molar-refractivity contribution >= 4 is 29.8 Å². The monoisotopic (exact) mass is 442 g/mol. The van der Waals surface area contributed by atoms with E-state index in [4.69, 9.17) is 4.74 Å². The molecule has 0 aromatic heterocycles. The van der Waals surface area contributed by atoms with Gasteiger partial charge < -0.3 is 10.1 Å². The van der Waals surface area contributed by atoms with Gasteiger partial charge in [0.1, 0.15) is 5.75 Å². The van der Waals surface area contributed by atoms with Gasteiger partial charge >= 0.3 is 0 Å². The van der Waals surface area contributed by atoms with Gasteiger partial charge in [-0.1, -0.05) is 13.0 Å². The molecule has 2 heterocycles. The van der Waals surface area contributed by atoms with Crippen LogP contribution >= 0.6 is 12.4 Å². The first-order valence-corrected chi connectivity index (χ1v) is 11.0. The van der Waals surface area contributed by atoms with Gasteiger partial charge in [0.2, 0.25) is 0 Å². The molecule has 2 aliphatic heterocycles. The second-order valence-corrected chi connectivity index (χ2v) is 8.47. The van der Waals surface area contributed by atoms with Crippen molar-refractivity contribution in [2.45, 2.75) is 58.6 Å². The van der Waals surface area contributed by atoms with Crippen LogP contribution in [0.5, 0.6) is 5.75 Å². The standard InChI is InChI=1S/C25H30N2O3.ClH/c1-4-23(28)21-14-18(8-10-24(21)30-16(2)3)25(29)26-19-9-7-17-11-13-27-12-5-6-22(27)20(17)15-19;/h7-10,14-16,22H,4-6,11-13H2,1-3H3,(H,26,29);1H. The van der Waals surface area contributed by atoms with E-state index < -0.39 is 0 Å². The van der Waals surface area contributed by atoms with Gasteiger partial charge in [0.05, 0.1) is 11.7 Å². The number of rotatable bonds is 6. The molecule has 2 aromatic rings. The van der Waals surface area contributed by atoms with E-state index in [0.717, 1.165) is 18.7 Å². The molecule has 31 heavy (non-hydrogen) atoms. The zero-order valence-electron chi connectivity index (χ0n) is 18.4. The minimum Gasteiger partial charge on any atom is -0.490 e. The molecule has 166 valence electrons. The first-order valence-electron chi connectivity index (χ1n) is 11.0. The van der Waals surface area contributed by atoms with E-state index in [9.17, 15) is 9.59 Å². The van der Waals surface area contributed by atoms with Gasteiger partial charge in [-0.2, -0.15) is 0 Å². The van der Waals surface area contributed by atoms with Crippen molar-refractivity contribution in [3.63, 3.8) is 0 Å². The molecule has 5 nitrogen and oxygen atoms in total. The molecule has 0 radical (unpaired) electrons. The van der Waals surface area contributed by atoms with Crippen molar-refractivity contribution in [1.29, 1.82) is 0 Å². The number of anilines is 1. The third-order valence-corrected chi connectivity index (χ3v) is 6.02. The summed E-state index contributed by atoms with van der Waals surface area (Å²) in [6.45, 7) is 7.94. The normalized spacial score (nSPS) is 17.5. The van der Waals surface area contributed by atoms with Gasteiger partial charge in [0.15, 0.2) is 5.78 Å². The molecule has 2 aromatic carbocycles. The summed E-state index contributed by atoms with van der Waals surface area (Å²) in [5.41, 5.74) is 4.47. The Labute approximate surface area is 190 Å². The second-order valence-electron chi connectivity index (χ2n) is 8.47. The van der Waals surface area contributed by atoms with Crippen molar-refractivity contribution in [3.8, 4) is 5.75 Å². The first kappa shape index (κ1) is 23.3. The highest BCUT2D eigenvalue weighted by Gasteiger charge is 2.31. The number of ether oxygens (including phenoxy) is 1. The molecule has 1 unspecified atom stereocenters. The molecule has 1 amide bonds. The minimum atomic E-state index is -0.213. The highest BCUT2D eigenvalue weighted by molar-refractivity contribution is 6.07. The number of nitrogens with zero attached hydrogens (tertiary/aromatic N) is 1. The predicted octanol–water partition coefficient (Wildman–Crippen LogP) is 5.43. The zero-order chi connectivity index (χ0) is 21.3. The van der Waals surface area contributed by atoms with Crippen LogP contribution < -0.4 is 10.1 Å². The number of fused-ring (bicyclic) bond motifs is 3. The number of hydrogen-bond acceptors (Lipinski definition) is 4. The van der Waals surface area contributed by atoms with Crippen LogP contribution in [0.2, 0.25) is 0 Å². The van der Waals surface area contributed by atoms with Crippen LogP contribution in [0.1, 0.15) is 77.9 Å².